The summed E-state index contributed by atoms with van der Waals surface area (Å²) in [6, 6.07) is 10.4. The highest BCUT2D eigenvalue weighted by molar-refractivity contribution is 6.30. The molecule has 0 bridgehead atoms. The van der Waals surface area contributed by atoms with Gasteiger partial charge in [-0.2, -0.15) is 0 Å². The zero-order valence-corrected chi connectivity index (χ0v) is 13.8. The van der Waals surface area contributed by atoms with Gasteiger partial charge in [0.2, 0.25) is 5.88 Å². The second kappa shape index (κ2) is 7.28. The Morgan fingerprint density at radius 1 is 1.35 bits per heavy atom. The normalized spacial score (nSPS) is 21.2. The summed E-state index contributed by atoms with van der Waals surface area (Å²) in [5.41, 5.74) is 1.52. The van der Waals surface area contributed by atoms with Crippen molar-refractivity contribution in [2.24, 2.45) is 5.92 Å². The quantitative estimate of drug-likeness (QED) is 0.911. The first-order chi connectivity index (χ1) is 11.1. The van der Waals surface area contributed by atoms with Crippen LogP contribution in [0.3, 0.4) is 0 Å². The van der Waals surface area contributed by atoms with Gasteiger partial charge in [-0.05, 0) is 43.6 Å². The number of ether oxygens (including phenoxy) is 1. The number of hydrogen-bond acceptors (Lipinski definition) is 3. The fourth-order valence-corrected chi connectivity index (χ4v) is 3.12. The highest BCUT2D eigenvalue weighted by Gasteiger charge is 2.24. The van der Waals surface area contributed by atoms with Gasteiger partial charge in [0.1, 0.15) is 12.4 Å². The van der Waals surface area contributed by atoms with Crippen molar-refractivity contribution < 1.29 is 9.13 Å². The van der Waals surface area contributed by atoms with Gasteiger partial charge in [0.15, 0.2) is 0 Å². The number of nitrogens with one attached hydrogen (secondary N) is 1. The van der Waals surface area contributed by atoms with Crippen LogP contribution in [0.5, 0.6) is 5.88 Å². The SMILES string of the molecule is C[C@@H]1CNCC[C@H]1c1cccc(OCc2ccc(Cl)cc2F)n1. The van der Waals surface area contributed by atoms with Crippen LogP contribution >= 0.6 is 11.6 Å². The Balaban J connectivity index is 1.70. The van der Waals surface area contributed by atoms with Crippen molar-refractivity contribution in [1.82, 2.24) is 10.3 Å². The predicted octanol–water partition coefficient (Wildman–Crippen LogP) is 4.17. The molecule has 1 aromatic heterocycles. The minimum atomic E-state index is -0.361. The lowest BCUT2D eigenvalue weighted by Gasteiger charge is -2.29. The number of hydrogen-bond donors (Lipinski definition) is 1. The van der Waals surface area contributed by atoms with E-state index in [0.29, 0.717) is 28.3 Å². The third kappa shape index (κ3) is 4.01. The van der Waals surface area contributed by atoms with E-state index in [0.717, 1.165) is 25.2 Å². The average Bonchev–Trinajstić information content (AvgIpc) is 2.55. The molecular formula is C18H20ClFN2O. The Morgan fingerprint density at radius 3 is 3.00 bits per heavy atom. The molecule has 1 fully saturated rings. The molecule has 0 radical (unpaired) electrons. The molecule has 3 rings (SSSR count). The van der Waals surface area contributed by atoms with Crippen LogP contribution in [0.4, 0.5) is 4.39 Å². The van der Waals surface area contributed by atoms with Gasteiger partial charge in [0, 0.05) is 28.3 Å². The lowest BCUT2D eigenvalue weighted by atomic mass is 9.85. The maximum atomic E-state index is 13.8. The summed E-state index contributed by atoms with van der Waals surface area (Å²) >= 11 is 5.76. The zero-order valence-electron chi connectivity index (χ0n) is 13.1. The van der Waals surface area contributed by atoms with E-state index in [4.69, 9.17) is 16.3 Å². The highest BCUT2D eigenvalue weighted by atomic mass is 35.5. The average molecular weight is 335 g/mol. The van der Waals surface area contributed by atoms with Gasteiger partial charge in [0.25, 0.3) is 0 Å². The number of rotatable bonds is 4. The summed E-state index contributed by atoms with van der Waals surface area (Å²) in [7, 11) is 0. The van der Waals surface area contributed by atoms with Crippen molar-refractivity contribution in [3.63, 3.8) is 0 Å². The first-order valence-electron chi connectivity index (χ1n) is 7.88. The minimum absolute atomic E-state index is 0.140. The Morgan fingerprint density at radius 2 is 2.22 bits per heavy atom. The van der Waals surface area contributed by atoms with Crippen molar-refractivity contribution >= 4 is 11.6 Å². The molecule has 0 unspecified atom stereocenters. The molecule has 3 nitrogen and oxygen atoms in total. The maximum absolute atomic E-state index is 13.8. The molecule has 2 aromatic rings. The predicted molar refractivity (Wildman–Crippen MR) is 89.4 cm³/mol. The third-order valence-electron chi connectivity index (χ3n) is 4.30. The van der Waals surface area contributed by atoms with Crippen LogP contribution in [0.1, 0.15) is 30.5 Å². The number of pyridine rings is 1. The Kier molecular flexibility index (Phi) is 5.13. The first-order valence-corrected chi connectivity index (χ1v) is 8.25. The number of nitrogens with zero attached hydrogens (tertiary/aromatic N) is 1. The van der Waals surface area contributed by atoms with Gasteiger partial charge in [-0.1, -0.05) is 30.7 Å². The Bertz CT molecular complexity index is 680. The van der Waals surface area contributed by atoms with E-state index in [1.54, 1.807) is 12.1 Å². The second-order valence-electron chi connectivity index (χ2n) is 6.00. The third-order valence-corrected chi connectivity index (χ3v) is 4.54. The van der Waals surface area contributed by atoms with E-state index in [1.165, 1.54) is 6.07 Å². The van der Waals surface area contributed by atoms with Crippen molar-refractivity contribution in [1.29, 1.82) is 0 Å². The van der Waals surface area contributed by atoms with E-state index in [-0.39, 0.29) is 12.4 Å². The fraction of sp³-hybridized carbons (Fsp3) is 0.389. The number of aromatic nitrogens is 1. The molecule has 1 aliphatic heterocycles. The van der Waals surface area contributed by atoms with Crippen LogP contribution in [0.15, 0.2) is 36.4 Å². The summed E-state index contributed by atoms with van der Waals surface area (Å²) in [5, 5.41) is 3.78. The monoisotopic (exact) mass is 334 g/mol. The standard InChI is InChI=1S/C18H20ClFN2O/c1-12-10-21-8-7-15(12)17-3-2-4-18(22-17)23-11-13-5-6-14(19)9-16(13)20/h2-6,9,12,15,21H,7-8,10-11H2,1H3/t12-,15-/m1/s1. The molecule has 5 heteroatoms. The zero-order chi connectivity index (χ0) is 16.2. The summed E-state index contributed by atoms with van der Waals surface area (Å²) < 4.78 is 19.5. The lowest BCUT2D eigenvalue weighted by Crippen LogP contribution is -2.34. The molecule has 122 valence electrons. The molecule has 2 atom stereocenters. The van der Waals surface area contributed by atoms with Crippen LogP contribution in [-0.4, -0.2) is 18.1 Å². The Hall–Kier alpha value is -1.65. The number of benzene rings is 1. The van der Waals surface area contributed by atoms with Crippen LogP contribution in [0.2, 0.25) is 5.02 Å². The van der Waals surface area contributed by atoms with Gasteiger partial charge in [-0.3, -0.25) is 0 Å². The molecule has 1 aliphatic rings. The summed E-state index contributed by atoms with van der Waals surface area (Å²) in [6.07, 6.45) is 1.07. The lowest BCUT2D eigenvalue weighted by molar-refractivity contribution is 0.283. The molecule has 2 heterocycles. The fourth-order valence-electron chi connectivity index (χ4n) is 2.96. The molecular weight excluding hydrogens is 315 g/mol. The molecule has 23 heavy (non-hydrogen) atoms. The molecule has 0 spiro atoms. The van der Waals surface area contributed by atoms with Crippen molar-refractivity contribution in [3.8, 4) is 5.88 Å². The Labute approximate surface area is 140 Å². The molecule has 1 aromatic carbocycles. The van der Waals surface area contributed by atoms with Gasteiger partial charge >= 0.3 is 0 Å². The van der Waals surface area contributed by atoms with Crippen LogP contribution in [-0.2, 0) is 6.61 Å². The van der Waals surface area contributed by atoms with Gasteiger partial charge in [-0.15, -0.1) is 0 Å². The molecule has 0 saturated carbocycles. The van der Waals surface area contributed by atoms with Crippen LogP contribution < -0.4 is 10.1 Å². The molecule has 0 aliphatic carbocycles. The molecule has 1 N–H and O–H groups in total. The number of halogens is 2. The van der Waals surface area contributed by atoms with Gasteiger partial charge < -0.3 is 10.1 Å². The van der Waals surface area contributed by atoms with Crippen molar-refractivity contribution in [2.75, 3.05) is 13.1 Å². The van der Waals surface area contributed by atoms with E-state index in [2.05, 4.69) is 17.2 Å². The summed E-state index contributed by atoms with van der Waals surface area (Å²) in [4.78, 5) is 4.61. The topological polar surface area (TPSA) is 34.1 Å². The smallest absolute Gasteiger partial charge is 0.213 e. The summed E-state index contributed by atoms with van der Waals surface area (Å²) in [5.74, 6) is 1.15. The minimum Gasteiger partial charge on any atom is -0.473 e. The second-order valence-corrected chi connectivity index (χ2v) is 6.44. The largest absolute Gasteiger partial charge is 0.473 e. The molecule has 1 saturated heterocycles. The van der Waals surface area contributed by atoms with E-state index >= 15 is 0 Å². The van der Waals surface area contributed by atoms with Crippen molar-refractivity contribution in [2.45, 2.75) is 25.9 Å². The van der Waals surface area contributed by atoms with Gasteiger partial charge in [-0.25, -0.2) is 9.37 Å². The van der Waals surface area contributed by atoms with E-state index in [1.807, 2.05) is 18.2 Å². The first kappa shape index (κ1) is 16.2. The van der Waals surface area contributed by atoms with Crippen molar-refractivity contribution in [3.05, 3.63) is 58.5 Å². The van der Waals surface area contributed by atoms with Crippen LogP contribution in [0, 0.1) is 11.7 Å². The maximum Gasteiger partial charge on any atom is 0.213 e. The van der Waals surface area contributed by atoms with E-state index in [9.17, 15) is 4.39 Å². The van der Waals surface area contributed by atoms with Crippen LogP contribution in [0.25, 0.3) is 0 Å². The van der Waals surface area contributed by atoms with E-state index < -0.39 is 0 Å². The molecule has 0 amide bonds. The summed E-state index contributed by atoms with van der Waals surface area (Å²) in [6.45, 7) is 4.39. The highest BCUT2D eigenvalue weighted by Crippen LogP contribution is 2.29. The number of piperidine rings is 1. The van der Waals surface area contributed by atoms with Gasteiger partial charge in [0.05, 0.1) is 0 Å².